The second-order valence-electron chi connectivity index (χ2n) is 5.70. The first-order chi connectivity index (χ1) is 11.9. The van der Waals surface area contributed by atoms with Crippen molar-refractivity contribution in [1.29, 1.82) is 0 Å². The highest BCUT2D eigenvalue weighted by molar-refractivity contribution is 7.90. The highest BCUT2D eigenvalue weighted by Gasteiger charge is 2.30. The van der Waals surface area contributed by atoms with E-state index in [2.05, 4.69) is 19.8 Å². The molecule has 1 fully saturated rings. The normalized spacial score (nSPS) is 18.6. The van der Waals surface area contributed by atoms with Crippen LogP contribution in [0.2, 0.25) is 0 Å². The van der Waals surface area contributed by atoms with Crippen molar-refractivity contribution in [2.75, 3.05) is 39.1 Å². The number of methoxy groups -OCH3 is 1. The Morgan fingerprint density at radius 2 is 2.16 bits per heavy atom. The van der Waals surface area contributed by atoms with Gasteiger partial charge in [0.15, 0.2) is 5.69 Å². The molecule has 1 aliphatic rings. The lowest BCUT2D eigenvalue weighted by molar-refractivity contribution is -0.117. The zero-order valence-corrected chi connectivity index (χ0v) is 15.0. The summed E-state index contributed by atoms with van der Waals surface area (Å²) in [5.74, 6) is -0.673. The zero-order chi connectivity index (χ0) is 18.4. The molecule has 0 spiro atoms. The summed E-state index contributed by atoms with van der Waals surface area (Å²) in [4.78, 5) is 29.4. The number of carbonyl (C=O) groups excluding carboxylic acids is 2. The SMILES string of the molecule is CNS(=O)(=O)C1CCCN(CC(=O)Nc2cccc(C(=O)OC)n2)C1. The number of esters is 1. The Morgan fingerprint density at radius 3 is 2.84 bits per heavy atom. The number of carbonyl (C=O) groups is 2. The molecule has 1 atom stereocenters. The van der Waals surface area contributed by atoms with Gasteiger partial charge in [-0.25, -0.2) is 22.9 Å². The van der Waals surface area contributed by atoms with E-state index in [-0.39, 0.29) is 24.0 Å². The van der Waals surface area contributed by atoms with Gasteiger partial charge in [-0.1, -0.05) is 6.07 Å². The summed E-state index contributed by atoms with van der Waals surface area (Å²) < 4.78 is 30.8. The zero-order valence-electron chi connectivity index (χ0n) is 14.2. The van der Waals surface area contributed by atoms with Crippen molar-refractivity contribution in [3.05, 3.63) is 23.9 Å². The number of pyridine rings is 1. The Kier molecular flexibility index (Phi) is 6.45. The number of hydrogen-bond donors (Lipinski definition) is 2. The fourth-order valence-corrected chi connectivity index (χ4v) is 3.90. The van der Waals surface area contributed by atoms with Crippen molar-refractivity contribution >= 4 is 27.7 Å². The number of hydrogen-bond acceptors (Lipinski definition) is 7. The molecular formula is C15H22N4O5S. The summed E-state index contributed by atoms with van der Waals surface area (Å²) in [6, 6.07) is 4.64. The number of sulfonamides is 1. The molecule has 1 saturated heterocycles. The van der Waals surface area contributed by atoms with E-state index >= 15 is 0 Å². The second kappa shape index (κ2) is 8.37. The van der Waals surface area contributed by atoms with Crippen LogP contribution in [0.15, 0.2) is 18.2 Å². The van der Waals surface area contributed by atoms with Gasteiger partial charge in [0.05, 0.1) is 18.9 Å². The van der Waals surface area contributed by atoms with Gasteiger partial charge in [0.1, 0.15) is 5.82 Å². The van der Waals surface area contributed by atoms with Crippen LogP contribution >= 0.6 is 0 Å². The van der Waals surface area contributed by atoms with Crippen molar-refractivity contribution in [2.45, 2.75) is 18.1 Å². The van der Waals surface area contributed by atoms with Crippen molar-refractivity contribution in [2.24, 2.45) is 0 Å². The Bertz CT molecular complexity index is 737. The number of aromatic nitrogens is 1. The molecule has 0 aliphatic carbocycles. The van der Waals surface area contributed by atoms with Crippen LogP contribution in [0.4, 0.5) is 5.82 Å². The molecule has 1 aromatic rings. The van der Waals surface area contributed by atoms with Gasteiger partial charge in [0, 0.05) is 6.54 Å². The van der Waals surface area contributed by atoms with Crippen LogP contribution in [0.3, 0.4) is 0 Å². The average Bonchev–Trinajstić information content (AvgIpc) is 2.61. The van der Waals surface area contributed by atoms with Crippen LogP contribution in [0.25, 0.3) is 0 Å². The van der Waals surface area contributed by atoms with Crippen molar-refractivity contribution in [1.82, 2.24) is 14.6 Å². The van der Waals surface area contributed by atoms with E-state index in [0.29, 0.717) is 25.9 Å². The maximum absolute atomic E-state index is 12.2. The minimum Gasteiger partial charge on any atom is -0.464 e. The van der Waals surface area contributed by atoms with Crippen LogP contribution in [0.5, 0.6) is 0 Å². The lowest BCUT2D eigenvalue weighted by atomic mass is 10.1. The summed E-state index contributed by atoms with van der Waals surface area (Å²) in [5, 5.41) is 2.08. The highest BCUT2D eigenvalue weighted by Crippen LogP contribution is 2.16. The second-order valence-corrected chi connectivity index (χ2v) is 7.86. The summed E-state index contributed by atoms with van der Waals surface area (Å²) in [6.07, 6.45) is 1.28. The molecule has 2 heterocycles. The average molecular weight is 370 g/mol. The molecule has 138 valence electrons. The topological polar surface area (TPSA) is 118 Å². The van der Waals surface area contributed by atoms with Crippen LogP contribution in [0.1, 0.15) is 23.3 Å². The molecule has 1 unspecified atom stereocenters. The van der Waals surface area contributed by atoms with Gasteiger partial charge in [-0.2, -0.15) is 0 Å². The predicted molar refractivity (Wildman–Crippen MR) is 91.6 cm³/mol. The van der Waals surface area contributed by atoms with Crippen molar-refractivity contribution in [3.63, 3.8) is 0 Å². The molecule has 9 nitrogen and oxygen atoms in total. The summed E-state index contributed by atoms with van der Waals surface area (Å²) in [7, 11) is -0.713. The molecule has 2 N–H and O–H groups in total. The number of nitrogens with zero attached hydrogens (tertiary/aromatic N) is 2. The molecule has 1 amide bonds. The fraction of sp³-hybridized carbons (Fsp3) is 0.533. The van der Waals surface area contributed by atoms with Crippen LogP contribution in [-0.2, 0) is 19.6 Å². The molecular weight excluding hydrogens is 348 g/mol. The predicted octanol–water partition coefficient (Wildman–Crippen LogP) is -0.180. The number of amides is 1. The smallest absolute Gasteiger partial charge is 0.356 e. The van der Waals surface area contributed by atoms with Gasteiger partial charge in [0.2, 0.25) is 15.9 Å². The first-order valence-corrected chi connectivity index (χ1v) is 9.40. The summed E-state index contributed by atoms with van der Waals surface area (Å²) >= 11 is 0. The van der Waals surface area contributed by atoms with E-state index in [1.165, 1.54) is 20.2 Å². The third kappa shape index (κ3) is 5.21. The third-order valence-corrected chi connectivity index (χ3v) is 5.80. The van der Waals surface area contributed by atoms with Gasteiger partial charge < -0.3 is 10.1 Å². The molecule has 25 heavy (non-hydrogen) atoms. The fourth-order valence-electron chi connectivity index (χ4n) is 2.68. The van der Waals surface area contributed by atoms with Gasteiger partial charge in [-0.05, 0) is 38.6 Å². The van der Waals surface area contributed by atoms with Gasteiger partial charge >= 0.3 is 5.97 Å². The minimum atomic E-state index is -3.35. The lowest BCUT2D eigenvalue weighted by Crippen LogP contribution is -2.47. The molecule has 0 aromatic carbocycles. The van der Waals surface area contributed by atoms with E-state index in [4.69, 9.17) is 0 Å². The Labute approximate surface area is 146 Å². The van der Waals surface area contributed by atoms with Gasteiger partial charge in [-0.3, -0.25) is 9.69 Å². The maximum Gasteiger partial charge on any atom is 0.356 e. The Balaban J connectivity index is 1.95. The standard InChI is InChI=1S/C15H22N4O5S/c1-16-25(22,23)11-5-4-8-19(9-11)10-14(20)18-13-7-3-6-12(17-13)15(21)24-2/h3,6-7,11,16H,4-5,8-10H2,1-2H3,(H,17,18,20). The number of rotatable bonds is 6. The number of ether oxygens (including phenoxy) is 1. The monoisotopic (exact) mass is 370 g/mol. The molecule has 1 aromatic heterocycles. The van der Waals surface area contributed by atoms with E-state index < -0.39 is 21.2 Å². The van der Waals surface area contributed by atoms with Crippen LogP contribution in [-0.4, -0.2) is 69.2 Å². The minimum absolute atomic E-state index is 0.0554. The van der Waals surface area contributed by atoms with Gasteiger partial charge in [0.25, 0.3) is 0 Å². The van der Waals surface area contributed by atoms with E-state index in [1.54, 1.807) is 17.0 Å². The summed E-state index contributed by atoms with van der Waals surface area (Å²) in [5.41, 5.74) is 0.0958. The Hall–Kier alpha value is -2.04. The number of piperidine rings is 1. The molecule has 0 bridgehead atoms. The molecule has 10 heteroatoms. The van der Waals surface area contributed by atoms with Gasteiger partial charge in [-0.15, -0.1) is 0 Å². The largest absolute Gasteiger partial charge is 0.464 e. The maximum atomic E-state index is 12.2. The van der Waals surface area contributed by atoms with Crippen molar-refractivity contribution < 1.29 is 22.7 Å². The summed E-state index contributed by atoms with van der Waals surface area (Å²) in [6.45, 7) is 1.00. The number of nitrogens with one attached hydrogen (secondary N) is 2. The van der Waals surface area contributed by atoms with E-state index in [1.807, 2.05) is 0 Å². The van der Waals surface area contributed by atoms with E-state index in [9.17, 15) is 18.0 Å². The number of likely N-dealkylation sites (tertiary alicyclic amines) is 1. The van der Waals surface area contributed by atoms with Crippen molar-refractivity contribution in [3.8, 4) is 0 Å². The molecule has 1 aliphatic heterocycles. The first kappa shape index (κ1) is 19.3. The highest BCUT2D eigenvalue weighted by atomic mass is 32.2. The van der Waals surface area contributed by atoms with E-state index in [0.717, 1.165) is 0 Å². The quantitative estimate of drug-likeness (QED) is 0.667. The third-order valence-electron chi connectivity index (χ3n) is 3.96. The molecule has 0 radical (unpaired) electrons. The first-order valence-electron chi connectivity index (χ1n) is 7.85. The lowest BCUT2D eigenvalue weighted by Gasteiger charge is -2.31. The Morgan fingerprint density at radius 1 is 1.40 bits per heavy atom. The number of anilines is 1. The molecule has 2 rings (SSSR count). The van der Waals surface area contributed by atoms with Crippen LogP contribution < -0.4 is 10.0 Å². The molecule has 0 saturated carbocycles. The van der Waals surface area contributed by atoms with Crippen LogP contribution in [0, 0.1) is 0 Å².